The first kappa shape index (κ1) is 22.3. The van der Waals surface area contributed by atoms with Gasteiger partial charge in [0.15, 0.2) is 0 Å². The minimum atomic E-state index is 0.983. The average Bonchev–Trinajstić information content (AvgIpc) is 3.40. The van der Waals surface area contributed by atoms with Crippen molar-refractivity contribution in [2.45, 2.75) is 25.7 Å². The van der Waals surface area contributed by atoms with Gasteiger partial charge < -0.3 is 4.57 Å². The van der Waals surface area contributed by atoms with Gasteiger partial charge in [-0.2, -0.15) is 0 Å². The van der Waals surface area contributed by atoms with Gasteiger partial charge in [0.25, 0.3) is 0 Å². The van der Waals surface area contributed by atoms with Gasteiger partial charge in [-0.1, -0.05) is 84.9 Å². The molecule has 0 radical (unpaired) electrons. The van der Waals surface area contributed by atoms with Gasteiger partial charge in [-0.25, -0.2) is 0 Å². The van der Waals surface area contributed by atoms with Gasteiger partial charge >= 0.3 is 0 Å². The van der Waals surface area contributed by atoms with Crippen LogP contribution in [0, 0.1) is 0 Å². The number of para-hydroxylation sites is 2. The van der Waals surface area contributed by atoms with E-state index in [-0.39, 0.29) is 0 Å². The number of hydrogen-bond donors (Lipinski definition) is 0. The Hall–Kier alpha value is -4.69. The predicted octanol–water partition coefficient (Wildman–Crippen LogP) is 7.23. The lowest BCUT2D eigenvalue weighted by Crippen LogP contribution is -2.36. The van der Waals surface area contributed by atoms with Crippen molar-refractivity contribution in [1.82, 2.24) is 9.55 Å². The molecule has 2 aliphatic carbocycles. The summed E-state index contributed by atoms with van der Waals surface area (Å²) in [4.78, 5) is 5.06. The molecule has 2 heteroatoms. The van der Waals surface area contributed by atoms with E-state index in [1.807, 2.05) is 6.20 Å². The zero-order valence-corrected chi connectivity index (χ0v) is 21.8. The van der Waals surface area contributed by atoms with Gasteiger partial charge in [-0.05, 0) is 88.2 Å². The Bertz CT molecular complexity index is 2010. The number of benzene rings is 4. The van der Waals surface area contributed by atoms with Crippen LogP contribution in [0.15, 0.2) is 116 Å². The molecule has 0 bridgehead atoms. The first-order valence-electron chi connectivity index (χ1n) is 13.9. The fourth-order valence-corrected chi connectivity index (χ4v) is 6.73. The Morgan fingerprint density at radius 2 is 1.44 bits per heavy atom. The summed E-state index contributed by atoms with van der Waals surface area (Å²) in [6, 6.07) is 37.3. The number of aromatic nitrogens is 2. The highest BCUT2D eigenvalue weighted by Crippen LogP contribution is 2.37. The van der Waals surface area contributed by atoms with E-state index in [0.717, 1.165) is 37.1 Å². The van der Waals surface area contributed by atoms with E-state index in [9.17, 15) is 0 Å². The molecule has 0 fully saturated rings. The molecule has 2 heterocycles. The monoisotopic (exact) mass is 500 g/mol. The normalized spacial score (nSPS) is 13.9. The average molecular weight is 501 g/mol. The molecule has 4 aromatic carbocycles. The van der Waals surface area contributed by atoms with Crippen LogP contribution in [0.4, 0.5) is 0 Å². The molecular weight excluding hydrogens is 472 g/mol. The lowest BCUT2D eigenvalue weighted by molar-refractivity contribution is 0.818. The van der Waals surface area contributed by atoms with E-state index >= 15 is 0 Å². The summed E-state index contributed by atoms with van der Waals surface area (Å²) in [5.41, 5.74) is 12.9. The Labute approximate surface area is 228 Å². The second-order valence-corrected chi connectivity index (χ2v) is 10.6. The summed E-state index contributed by atoms with van der Waals surface area (Å²) in [7, 11) is 0. The van der Waals surface area contributed by atoms with E-state index in [1.165, 1.54) is 60.3 Å². The van der Waals surface area contributed by atoms with Crippen molar-refractivity contribution < 1.29 is 0 Å². The topological polar surface area (TPSA) is 17.8 Å². The molecule has 0 spiro atoms. The molecule has 0 saturated heterocycles. The van der Waals surface area contributed by atoms with Crippen molar-refractivity contribution in [3.05, 3.63) is 143 Å². The molecule has 6 aromatic rings. The molecule has 2 aromatic heterocycles. The van der Waals surface area contributed by atoms with E-state index < -0.39 is 0 Å². The van der Waals surface area contributed by atoms with Crippen LogP contribution in [-0.4, -0.2) is 9.55 Å². The van der Waals surface area contributed by atoms with Gasteiger partial charge in [-0.15, -0.1) is 0 Å². The predicted molar refractivity (Wildman–Crippen MR) is 161 cm³/mol. The van der Waals surface area contributed by atoms with Crippen molar-refractivity contribution in [1.29, 1.82) is 0 Å². The van der Waals surface area contributed by atoms with E-state index in [0.29, 0.717) is 0 Å². The maximum Gasteiger partial charge on any atom is 0.0798 e. The third-order valence-electron chi connectivity index (χ3n) is 8.47. The molecule has 39 heavy (non-hydrogen) atoms. The number of hydrogen-bond acceptors (Lipinski definition) is 1. The zero-order chi connectivity index (χ0) is 25.8. The van der Waals surface area contributed by atoms with E-state index in [4.69, 9.17) is 4.98 Å². The van der Waals surface area contributed by atoms with Gasteiger partial charge in [0.1, 0.15) is 0 Å². The Balaban J connectivity index is 1.42. The maximum absolute atomic E-state index is 5.06. The molecule has 0 N–H and O–H groups in total. The number of fused-ring (bicyclic) bond motifs is 6. The maximum atomic E-state index is 5.06. The molecule has 0 unspecified atom stereocenters. The van der Waals surface area contributed by atoms with Crippen molar-refractivity contribution in [3.63, 3.8) is 0 Å². The summed E-state index contributed by atoms with van der Waals surface area (Å²) in [6.07, 6.45) is 11.0. The molecule has 2 aliphatic rings. The summed E-state index contributed by atoms with van der Waals surface area (Å²) in [5, 5.41) is 4.07. The second-order valence-electron chi connectivity index (χ2n) is 10.6. The van der Waals surface area contributed by atoms with Crippen molar-refractivity contribution in [2.24, 2.45) is 0 Å². The fraction of sp³-hybridized carbons (Fsp3) is 0.108. The quantitative estimate of drug-likeness (QED) is 0.251. The third kappa shape index (κ3) is 3.52. The van der Waals surface area contributed by atoms with Gasteiger partial charge in [0.2, 0.25) is 0 Å². The minimum Gasteiger partial charge on any atom is -0.316 e. The van der Waals surface area contributed by atoms with Crippen LogP contribution in [0.25, 0.3) is 50.6 Å². The van der Waals surface area contributed by atoms with Crippen molar-refractivity contribution in [3.8, 4) is 28.1 Å². The van der Waals surface area contributed by atoms with Crippen molar-refractivity contribution >= 4 is 22.6 Å². The minimum absolute atomic E-state index is 0.983. The van der Waals surface area contributed by atoms with Crippen molar-refractivity contribution in [2.75, 3.05) is 0 Å². The Morgan fingerprint density at radius 1 is 0.615 bits per heavy atom. The van der Waals surface area contributed by atoms with Gasteiger partial charge in [0, 0.05) is 34.6 Å². The smallest absolute Gasteiger partial charge is 0.0798 e. The first-order chi connectivity index (χ1) is 19.4. The number of aryl methyl sites for hydroxylation is 1. The number of nitrogens with zero attached hydrogens (tertiary/aromatic N) is 2. The van der Waals surface area contributed by atoms with E-state index in [1.54, 1.807) is 0 Å². The Morgan fingerprint density at radius 3 is 2.38 bits per heavy atom. The van der Waals surface area contributed by atoms with Crippen LogP contribution in [0.3, 0.4) is 0 Å². The molecule has 0 saturated carbocycles. The SMILES string of the molecule is C1=c2c(ccc3c2=C(c2cccnc2-c2cn(-c4ccccc4)c4ccccc24)CCC3)-c2ccccc2C1. The van der Waals surface area contributed by atoms with Crippen LogP contribution in [-0.2, 0) is 12.8 Å². The summed E-state index contributed by atoms with van der Waals surface area (Å²) in [6.45, 7) is 0. The third-order valence-corrected chi connectivity index (χ3v) is 8.47. The molecule has 8 rings (SSSR count). The van der Waals surface area contributed by atoms with Crippen LogP contribution < -0.4 is 10.4 Å². The molecular formula is C37H28N2. The number of pyridine rings is 1. The van der Waals surface area contributed by atoms with Crippen LogP contribution in [0.1, 0.15) is 29.5 Å². The molecule has 0 amide bonds. The summed E-state index contributed by atoms with van der Waals surface area (Å²) < 4.78 is 2.30. The lowest BCUT2D eigenvalue weighted by atomic mass is 9.82. The molecule has 0 aliphatic heterocycles. The largest absolute Gasteiger partial charge is 0.316 e. The molecule has 186 valence electrons. The fourth-order valence-electron chi connectivity index (χ4n) is 6.73. The van der Waals surface area contributed by atoms with Gasteiger partial charge in [0.05, 0.1) is 11.2 Å². The standard InChI is InChI=1S/C37H28N2/c1-2-12-27(13-3-1)39-24-34(30-15-6-7-18-35(30)39)37-33(17-9-23-38-37)31-16-8-11-26-20-21-29-28-14-5-4-10-25(28)19-22-32(29)36(26)31/h1-7,9-10,12-15,17-18,20-24H,8,11,16,19H2. The molecule has 2 nitrogen and oxygen atoms in total. The highest BCUT2D eigenvalue weighted by molar-refractivity contribution is 5.99. The highest BCUT2D eigenvalue weighted by Gasteiger charge is 2.22. The number of rotatable bonds is 3. The summed E-state index contributed by atoms with van der Waals surface area (Å²) >= 11 is 0. The molecule has 0 atom stereocenters. The summed E-state index contributed by atoms with van der Waals surface area (Å²) in [5.74, 6) is 0. The first-order valence-corrected chi connectivity index (χ1v) is 13.9. The van der Waals surface area contributed by atoms with E-state index in [2.05, 4.69) is 120 Å². The highest BCUT2D eigenvalue weighted by atomic mass is 15.0. The lowest BCUT2D eigenvalue weighted by Gasteiger charge is -2.22. The van der Waals surface area contributed by atoms with Crippen LogP contribution in [0.5, 0.6) is 0 Å². The second kappa shape index (κ2) is 8.96. The van der Waals surface area contributed by atoms with Crippen LogP contribution in [0.2, 0.25) is 0 Å². The Kier molecular flexibility index (Phi) is 5.12. The van der Waals surface area contributed by atoms with Crippen LogP contribution >= 0.6 is 0 Å². The van der Waals surface area contributed by atoms with Gasteiger partial charge in [-0.3, -0.25) is 4.98 Å². The zero-order valence-electron chi connectivity index (χ0n) is 21.8.